The first-order valence-corrected chi connectivity index (χ1v) is 10.9. The number of furan rings is 1. The molecule has 0 bridgehead atoms. The number of carbonyl (C=O) groups is 1. The zero-order valence-corrected chi connectivity index (χ0v) is 18.2. The summed E-state index contributed by atoms with van der Waals surface area (Å²) in [4.78, 5) is 17.0. The Morgan fingerprint density at radius 3 is 2.66 bits per heavy atom. The van der Waals surface area contributed by atoms with E-state index in [1.165, 1.54) is 0 Å². The van der Waals surface area contributed by atoms with Gasteiger partial charge in [0.2, 0.25) is 6.79 Å². The second-order valence-electron chi connectivity index (χ2n) is 7.70. The van der Waals surface area contributed by atoms with Crippen LogP contribution in [-0.2, 0) is 13.2 Å². The van der Waals surface area contributed by atoms with Crippen LogP contribution in [0.1, 0.15) is 21.9 Å². The fraction of sp³-hybridized carbons (Fsp3) is 0.292. The maximum Gasteiger partial charge on any atom is 0.289 e. The van der Waals surface area contributed by atoms with Crippen molar-refractivity contribution < 1.29 is 23.4 Å². The fourth-order valence-electron chi connectivity index (χ4n) is 3.90. The molecule has 166 valence electrons. The van der Waals surface area contributed by atoms with Crippen molar-refractivity contribution in [3.63, 3.8) is 0 Å². The molecule has 0 atom stereocenters. The highest BCUT2D eigenvalue weighted by Gasteiger charge is 2.26. The predicted octanol–water partition coefficient (Wildman–Crippen LogP) is 4.20. The molecule has 7 nitrogen and oxygen atoms in total. The topological polar surface area (TPSA) is 64.4 Å². The van der Waals surface area contributed by atoms with E-state index in [1.54, 1.807) is 24.3 Å². The SMILES string of the molecule is O=C(c1ccc(COc2ccccc2Cl)o1)N1CCN(Cc2cccc3c2OCO3)CC1. The van der Waals surface area contributed by atoms with E-state index in [0.29, 0.717) is 35.4 Å². The van der Waals surface area contributed by atoms with Gasteiger partial charge in [-0.1, -0.05) is 35.9 Å². The Kier molecular flexibility index (Phi) is 5.92. The summed E-state index contributed by atoms with van der Waals surface area (Å²) in [5.74, 6) is 2.99. The Balaban J connectivity index is 1.14. The Labute approximate surface area is 191 Å². The first kappa shape index (κ1) is 20.7. The van der Waals surface area contributed by atoms with Gasteiger partial charge in [0.1, 0.15) is 18.1 Å². The number of halogens is 1. The van der Waals surface area contributed by atoms with Gasteiger partial charge < -0.3 is 23.5 Å². The third-order valence-electron chi connectivity index (χ3n) is 5.61. The number of para-hydroxylation sites is 2. The van der Waals surface area contributed by atoms with E-state index in [0.717, 1.165) is 36.7 Å². The standard InChI is InChI=1S/C24H23ClN2O5/c25-19-5-1-2-6-20(19)29-15-18-8-9-22(32-18)24(28)27-12-10-26(11-13-27)14-17-4-3-7-21-23(17)31-16-30-21/h1-9H,10-16H2. The fourth-order valence-corrected chi connectivity index (χ4v) is 4.09. The first-order chi connectivity index (χ1) is 15.7. The van der Waals surface area contributed by atoms with Crippen molar-refractivity contribution >= 4 is 17.5 Å². The van der Waals surface area contributed by atoms with Crippen molar-refractivity contribution in [1.29, 1.82) is 0 Å². The van der Waals surface area contributed by atoms with Gasteiger partial charge in [0.25, 0.3) is 5.91 Å². The van der Waals surface area contributed by atoms with E-state index < -0.39 is 0 Å². The number of hydrogen-bond acceptors (Lipinski definition) is 6. The molecule has 0 saturated carbocycles. The summed E-state index contributed by atoms with van der Waals surface area (Å²) in [6.45, 7) is 4.06. The van der Waals surface area contributed by atoms with Crippen LogP contribution in [0, 0.1) is 0 Å². The zero-order valence-electron chi connectivity index (χ0n) is 17.5. The van der Waals surface area contributed by atoms with Gasteiger partial charge >= 0.3 is 0 Å². The quantitative estimate of drug-likeness (QED) is 0.556. The number of piperazine rings is 1. The second-order valence-corrected chi connectivity index (χ2v) is 8.11. The average molecular weight is 455 g/mol. The normalized spacial score (nSPS) is 15.7. The lowest BCUT2D eigenvalue weighted by atomic mass is 10.1. The molecule has 3 aromatic rings. The minimum absolute atomic E-state index is 0.106. The van der Waals surface area contributed by atoms with Gasteiger partial charge in [-0.3, -0.25) is 9.69 Å². The minimum Gasteiger partial charge on any atom is -0.484 e. The molecule has 2 aromatic carbocycles. The summed E-state index contributed by atoms with van der Waals surface area (Å²) >= 11 is 6.10. The summed E-state index contributed by atoms with van der Waals surface area (Å²) in [5.41, 5.74) is 1.11. The first-order valence-electron chi connectivity index (χ1n) is 10.5. The van der Waals surface area contributed by atoms with Crippen molar-refractivity contribution in [2.45, 2.75) is 13.2 Å². The number of amides is 1. The van der Waals surface area contributed by atoms with Crippen LogP contribution >= 0.6 is 11.6 Å². The summed E-state index contributed by atoms with van der Waals surface area (Å²) in [6.07, 6.45) is 0. The van der Waals surface area contributed by atoms with E-state index in [-0.39, 0.29) is 19.3 Å². The Bertz CT molecular complexity index is 1110. The molecule has 1 amide bonds. The molecule has 8 heteroatoms. The maximum absolute atomic E-state index is 12.9. The van der Waals surface area contributed by atoms with Crippen LogP contribution in [-0.4, -0.2) is 48.7 Å². The molecule has 0 unspecified atom stereocenters. The molecule has 1 aromatic heterocycles. The molecule has 1 saturated heterocycles. The van der Waals surface area contributed by atoms with Gasteiger partial charge in [-0.15, -0.1) is 0 Å². The van der Waals surface area contributed by atoms with Crippen molar-refractivity contribution in [2.24, 2.45) is 0 Å². The van der Waals surface area contributed by atoms with Crippen LogP contribution in [0.25, 0.3) is 0 Å². The number of ether oxygens (including phenoxy) is 3. The van der Waals surface area contributed by atoms with E-state index in [4.69, 9.17) is 30.2 Å². The van der Waals surface area contributed by atoms with Crippen molar-refractivity contribution in [1.82, 2.24) is 9.80 Å². The smallest absolute Gasteiger partial charge is 0.289 e. The van der Waals surface area contributed by atoms with Crippen molar-refractivity contribution in [3.8, 4) is 17.2 Å². The van der Waals surface area contributed by atoms with Crippen LogP contribution in [0.4, 0.5) is 0 Å². The van der Waals surface area contributed by atoms with Gasteiger partial charge in [-0.25, -0.2) is 0 Å². The predicted molar refractivity (Wildman–Crippen MR) is 118 cm³/mol. The van der Waals surface area contributed by atoms with Gasteiger partial charge in [-0.2, -0.15) is 0 Å². The molecule has 0 radical (unpaired) electrons. The highest BCUT2D eigenvalue weighted by Crippen LogP contribution is 2.36. The molecule has 1 fully saturated rings. The number of fused-ring (bicyclic) bond motifs is 1. The summed E-state index contributed by atoms with van der Waals surface area (Å²) in [7, 11) is 0. The minimum atomic E-state index is -0.106. The van der Waals surface area contributed by atoms with Gasteiger partial charge in [0.05, 0.1) is 5.02 Å². The van der Waals surface area contributed by atoms with E-state index in [9.17, 15) is 4.79 Å². The van der Waals surface area contributed by atoms with Crippen molar-refractivity contribution in [2.75, 3.05) is 33.0 Å². The van der Waals surface area contributed by atoms with Crippen LogP contribution in [0.5, 0.6) is 17.2 Å². The monoisotopic (exact) mass is 454 g/mol. The Morgan fingerprint density at radius 2 is 1.81 bits per heavy atom. The van der Waals surface area contributed by atoms with Crippen LogP contribution in [0.15, 0.2) is 59.0 Å². The molecule has 0 spiro atoms. The van der Waals surface area contributed by atoms with E-state index in [2.05, 4.69) is 11.0 Å². The molecule has 0 aliphatic carbocycles. The molecule has 2 aliphatic rings. The number of rotatable bonds is 6. The third kappa shape index (κ3) is 4.40. The van der Waals surface area contributed by atoms with E-state index in [1.807, 2.05) is 29.2 Å². The Hall–Kier alpha value is -3.16. The van der Waals surface area contributed by atoms with E-state index >= 15 is 0 Å². The average Bonchev–Trinajstić information content (AvgIpc) is 3.49. The van der Waals surface area contributed by atoms with Crippen molar-refractivity contribution in [3.05, 3.63) is 76.7 Å². The summed E-state index contributed by atoms with van der Waals surface area (Å²) in [6, 6.07) is 16.7. The number of hydrogen-bond donors (Lipinski definition) is 0. The molecular weight excluding hydrogens is 432 g/mol. The Morgan fingerprint density at radius 1 is 0.969 bits per heavy atom. The summed E-state index contributed by atoms with van der Waals surface area (Å²) < 4.78 is 22.5. The number of benzene rings is 2. The molecule has 2 aliphatic heterocycles. The van der Waals surface area contributed by atoms with Crippen LogP contribution < -0.4 is 14.2 Å². The number of nitrogens with zero attached hydrogens (tertiary/aromatic N) is 2. The maximum atomic E-state index is 12.9. The lowest BCUT2D eigenvalue weighted by Crippen LogP contribution is -2.48. The molecular formula is C24H23ClN2O5. The molecule has 5 rings (SSSR count). The van der Waals surface area contributed by atoms with Gasteiger partial charge in [-0.05, 0) is 30.3 Å². The van der Waals surface area contributed by atoms with Crippen LogP contribution in [0.2, 0.25) is 5.02 Å². The third-order valence-corrected chi connectivity index (χ3v) is 5.92. The number of carbonyl (C=O) groups excluding carboxylic acids is 1. The molecule has 32 heavy (non-hydrogen) atoms. The lowest BCUT2D eigenvalue weighted by Gasteiger charge is -2.34. The van der Waals surface area contributed by atoms with Gasteiger partial charge in [0, 0.05) is 38.3 Å². The zero-order chi connectivity index (χ0) is 21.9. The van der Waals surface area contributed by atoms with Crippen LogP contribution in [0.3, 0.4) is 0 Å². The molecule has 3 heterocycles. The highest BCUT2D eigenvalue weighted by molar-refractivity contribution is 6.32. The highest BCUT2D eigenvalue weighted by atomic mass is 35.5. The lowest BCUT2D eigenvalue weighted by molar-refractivity contribution is 0.0592. The molecule has 0 N–H and O–H groups in total. The second kappa shape index (κ2) is 9.14. The summed E-state index contributed by atoms with van der Waals surface area (Å²) in [5, 5.41) is 0.535. The largest absolute Gasteiger partial charge is 0.484 e. The van der Waals surface area contributed by atoms with Gasteiger partial charge in [0.15, 0.2) is 17.3 Å².